The highest BCUT2D eigenvalue weighted by Gasteiger charge is 2.22. The van der Waals surface area contributed by atoms with Gasteiger partial charge in [0.2, 0.25) is 0 Å². The average molecular weight is 439 g/mol. The first kappa shape index (κ1) is 21.9. The van der Waals surface area contributed by atoms with Crippen LogP contribution in [0.1, 0.15) is 40.5 Å². The van der Waals surface area contributed by atoms with Crippen LogP contribution in [0.4, 0.5) is 4.79 Å². The highest BCUT2D eigenvalue weighted by Crippen LogP contribution is 2.30. The van der Waals surface area contributed by atoms with Crippen molar-refractivity contribution >= 4 is 17.1 Å². The largest absolute Gasteiger partial charge is 0.493 e. The Morgan fingerprint density at radius 3 is 2.44 bits per heavy atom. The van der Waals surface area contributed by atoms with Gasteiger partial charge in [0.05, 0.1) is 18.3 Å². The molecule has 8 heteroatoms. The number of fused-ring (bicyclic) bond motifs is 1. The zero-order chi connectivity index (χ0) is 22.7. The molecule has 0 spiro atoms. The molecule has 4 rings (SSSR count). The molecular formula is C24H30N4O4. The summed E-state index contributed by atoms with van der Waals surface area (Å²) in [5.41, 5.74) is 1.90. The van der Waals surface area contributed by atoms with E-state index in [0.717, 1.165) is 29.1 Å². The van der Waals surface area contributed by atoms with Crippen LogP contribution in [0.5, 0.6) is 11.5 Å². The lowest BCUT2D eigenvalue weighted by atomic mass is 10.2. The van der Waals surface area contributed by atoms with Crippen molar-refractivity contribution in [3.05, 3.63) is 42.5 Å². The number of rotatable bonds is 8. The van der Waals surface area contributed by atoms with E-state index < -0.39 is 11.7 Å². The lowest BCUT2D eigenvalue weighted by molar-refractivity contribution is 0.0494. The highest BCUT2D eigenvalue weighted by molar-refractivity contribution is 5.75. The number of alkyl carbamates (subject to hydrolysis) is 1. The predicted molar refractivity (Wildman–Crippen MR) is 121 cm³/mol. The van der Waals surface area contributed by atoms with Crippen LogP contribution in [0.15, 0.2) is 42.5 Å². The summed E-state index contributed by atoms with van der Waals surface area (Å²) in [6.07, 6.45) is 2.07. The van der Waals surface area contributed by atoms with E-state index in [0.29, 0.717) is 18.3 Å². The summed E-state index contributed by atoms with van der Waals surface area (Å²) < 4.78 is 16.9. The summed E-state index contributed by atoms with van der Waals surface area (Å²) >= 11 is 0. The van der Waals surface area contributed by atoms with Gasteiger partial charge in [0, 0.05) is 6.07 Å². The van der Waals surface area contributed by atoms with Crippen molar-refractivity contribution in [1.29, 1.82) is 0 Å². The minimum Gasteiger partial charge on any atom is -0.493 e. The number of amides is 1. The van der Waals surface area contributed by atoms with Gasteiger partial charge in [0.1, 0.15) is 34.7 Å². The molecule has 8 nitrogen and oxygen atoms in total. The fourth-order valence-electron chi connectivity index (χ4n) is 3.05. The van der Waals surface area contributed by atoms with E-state index in [1.165, 1.54) is 12.8 Å². The molecule has 1 fully saturated rings. The Labute approximate surface area is 187 Å². The van der Waals surface area contributed by atoms with Gasteiger partial charge in [-0.25, -0.2) is 4.79 Å². The Hall–Kier alpha value is -3.29. The van der Waals surface area contributed by atoms with Crippen molar-refractivity contribution in [3.63, 3.8) is 0 Å². The summed E-state index contributed by atoms with van der Waals surface area (Å²) in [5.74, 6) is 2.23. The third-order valence-electron chi connectivity index (χ3n) is 4.87. The number of nitrogens with zero attached hydrogens (tertiary/aromatic N) is 3. The molecule has 0 aliphatic heterocycles. The maximum absolute atomic E-state index is 11.8. The standard InChI is InChI=1S/C24H30N4O4/c1-16(25-23(29)32-24(2,3)4)14-30-19-9-7-18(8-10-19)28-26-21-12-11-20(13-22(21)27-28)31-15-17-5-6-17/h7-13,16-17H,5-6,14-15H2,1-4H3,(H,25,29)/t16-/m0/s1. The van der Waals surface area contributed by atoms with Crippen molar-refractivity contribution in [2.75, 3.05) is 13.2 Å². The molecule has 32 heavy (non-hydrogen) atoms. The second-order valence-corrected chi connectivity index (χ2v) is 9.25. The zero-order valence-electron chi connectivity index (χ0n) is 19.0. The Bertz CT molecular complexity index is 1070. The fourth-order valence-corrected chi connectivity index (χ4v) is 3.05. The van der Waals surface area contributed by atoms with Crippen molar-refractivity contribution < 1.29 is 19.0 Å². The third kappa shape index (κ3) is 6.12. The maximum atomic E-state index is 11.8. The third-order valence-corrected chi connectivity index (χ3v) is 4.87. The van der Waals surface area contributed by atoms with E-state index in [4.69, 9.17) is 14.2 Å². The maximum Gasteiger partial charge on any atom is 0.407 e. The predicted octanol–water partition coefficient (Wildman–Crippen LogP) is 4.50. The summed E-state index contributed by atoms with van der Waals surface area (Å²) in [5, 5.41) is 11.9. The van der Waals surface area contributed by atoms with Crippen LogP contribution >= 0.6 is 0 Å². The van der Waals surface area contributed by atoms with Crippen LogP contribution in [0, 0.1) is 5.92 Å². The monoisotopic (exact) mass is 438 g/mol. The van der Waals surface area contributed by atoms with Crippen molar-refractivity contribution in [2.45, 2.75) is 52.2 Å². The quantitative estimate of drug-likeness (QED) is 0.557. The molecule has 0 unspecified atom stereocenters. The average Bonchev–Trinajstić information content (AvgIpc) is 3.46. The zero-order valence-corrected chi connectivity index (χ0v) is 19.0. The van der Waals surface area contributed by atoms with Crippen LogP contribution in [-0.4, -0.2) is 45.9 Å². The number of carbonyl (C=O) groups excluding carboxylic acids is 1. The lowest BCUT2D eigenvalue weighted by Crippen LogP contribution is -2.40. The number of nitrogens with one attached hydrogen (secondary N) is 1. The second-order valence-electron chi connectivity index (χ2n) is 9.25. The van der Waals surface area contributed by atoms with Gasteiger partial charge in [-0.05, 0) is 82.9 Å². The SMILES string of the molecule is C[C@@H](COc1ccc(-n2nc3ccc(OCC4CC4)cc3n2)cc1)NC(=O)OC(C)(C)C. The van der Waals surface area contributed by atoms with E-state index in [1.807, 2.05) is 70.2 Å². The Kier molecular flexibility index (Phi) is 6.21. The molecule has 1 N–H and O–H groups in total. The molecule has 1 aliphatic carbocycles. The molecule has 170 valence electrons. The summed E-state index contributed by atoms with van der Waals surface area (Å²) in [4.78, 5) is 13.4. The van der Waals surface area contributed by atoms with Gasteiger partial charge < -0.3 is 19.5 Å². The van der Waals surface area contributed by atoms with Gasteiger partial charge in [-0.15, -0.1) is 10.2 Å². The van der Waals surface area contributed by atoms with Gasteiger partial charge in [-0.3, -0.25) is 0 Å². The van der Waals surface area contributed by atoms with E-state index in [-0.39, 0.29) is 6.04 Å². The van der Waals surface area contributed by atoms with Crippen LogP contribution in [-0.2, 0) is 4.74 Å². The van der Waals surface area contributed by atoms with Gasteiger partial charge >= 0.3 is 6.09 Å². The number of benzene rings is 2. The first-order chi connectivity index (χ1) is 15.2. The van der Waals surface area contributed by atoms with Crippen LogP contribution < -0.4 is 14.8 Å². The van der Waals surface area contributed by atoms with Gasteiger partial charge in [-0.2, -0.15) is 4.80 Å². The smallest absolute Gasteiger partial charge is 0.407 e. The van der Waals surface area contributed by atoms with E-state index in [1.54, 1.807) is 4.80 Å². The topological polar surface area (TPSA) is 87.5 Å². The molecule has 1 amide bonds. The van der Waals surface area contributed by atoms with Gasteiger partial charge in [0.15, 0.2) is 0 Å². The number of hydrogen-bond donors (Lipinski definition) is 1. The Balaban J connectivity index is 1.32. The first-order valence-corrected chi connectivity index (χ1v) is 11.0. The van der Waals surface area contributed by atoms with E-state index >= 15 is 0 Å². The number of carbonyl (C=O) groups is 1. The molecule has 1 atom stereocenters. The van der Waals surface area contributed by atoms with E-state index in [9.17, 15) is 4.79 Å². The summed E-state index contributed by atoms with van der Waals surface area (Å²) in [6.45, 7) is 8.44. The number of ether oxygens (including phenoxy) is 3. The lowest BCUT2D eigenvalue weighted by Gasteiger charge is -2.22. The molecule has 3 aromatic rings. The number of hydrogen-bond acceptors (Lipinski definition) is 6. The van der Waals surface area contributed by atoms with Gasteiger partial charge in [-0.1, -0.05) is 0 Å². The van der Waals surface area contributed by atoms with Crippen LogP contribution in [0.3, 0.4) is 0 Å². The molecule has 1 saturated carbocycles. The van der Waals surface area contributed by atoms with Crippen LogP contribution in [0.2, 0.25) is 0 Å². The summed E-state index contributed by atoms with van der Waals surface area (Å²) in [6, 6.07) is 13.1. The number of aromatic nitrogens is 3. The van der Waals surface area contributed by atoms with Crippen molar-refractivity contribution in [1.82, 2.24) is 20.3 Å². The minimum atomic E-state index is -0.531. The first-order valence-electron chi connectivity index (χ1n) is 11.0. The molecule has 0 radical (unpaired) electrons. The van der Waals surface area contributed by atoms with Crippen LogP contribution in [0.25, 0.3) is 16.7 Å². The highest BCUT2D eigenvalue weighted by atomic mass is 16.6. The molecule has 1 aromatic heterocycles. The molecule has 1 heterocycles. The molecule has 0 bridgehead atoms. The minimum absolute atomic E-state index is 0.195. The van der Waals surface area contributed by atoms with Crippen molar-refractivity contribution in [2.24, 2.45) is 5.92 Å². The molecule has 1 aliphatic rings. The van der Waals surface area contributed by atoms with Gasteiger partial charge in [0.25, 0.3) is 0 Å². The van der Waals surface area contributed by atoms with Crippen molar-refractivity contribution in [3.8, 4) is 17.2 Å². The molecule has 0 saturated heterocycles. The Morgan fingerprint density at radius 2 is 1.75 bits per heavy atom. The molecule has 2 aromatic carbocycles. The fraction of sp³-hybridized carbons (Fsp3) is 0.458. The normalized spacial score (nSPS) is 14.8. The van der Waals surface area contributed by atoms with E-state index in [2.05, 4.69) is 15.5 Å². The second kappa shape index (κ2) is 9.06. The Morgan fingerprint density at radius 1 is 1.06 bits per heavy atom. The molecular weight excluding hydrogens is 408 g/mol. The summed E-state index contributed by atoms with van der Waals surface area (Å²) in [7, 11) is 0.